The number of hydrogen-bond donors (Lipinski definition) is 0. The summed E-state index contributed by atoms with van der Waals surface area (Å²) in [5.41, 5.74) is 0.941. The van der Waals surface area contributed by atoms with Crippen LogP contribution in [0.2, 0.25) is 0 Å². The zero-order valence-electron chi connectivity index (χ0n) is 10.1. The molecule has 3 rings (SSSR count). The van der Waals surface area contributed by atoms with Crippen molar-refractivity contribution < 1.29 is 9.53 Å². The maximum absolute atomic E-state index is 12.4. The Morgan fingerprint density at radius 3 is 2.88 bits per heavy atom. The Morgan fingerprint density at radius 1 is 1.41 bits per heavy atom. The fourth-order valence-corrected chi connectivity index (χ4v) is 2.94. The number of benzene rings is 1. The lowest BCUT2D eigenvalue weighted by molar-refractivity contribution is -0.136. The van der Waals surface area contributed by atoms with Crippen LogP contribution in [0.15, 0.2) is 30.3 Å². The van der Waals surface area contributed by atoms with E-state index in [-0.39, 0.29) is 17.6 Å². The number of carbonyl (C=O) groups is 1. The van der Waals surface area contributed by atoms with E-state index in [0.717, 1.165) is 19.4 Å². The number of amides is 1. The molecule has 2 fully saturated rings. The molecule has 0 aromatic heterocycles. The second-order valence-electron chi connectivity index (χ2n) is 5.25. The van der Waals surface area contributed by atoms with Gasteiger partial charge in [-0.2, -0.15) is 0 Å². The standard InChI is InChI=1S/C14H17NO2/c1-14(9-11-5-3-2-4-6-11)10-12-15(13(14)16)7-8-17-12/h2-6,12H,7-10H2,1H3/t12-,14-/m1/s1. The van der Waals surface area contributed by atoms with Gasteiger partial charge in [-0.05, 0) is 12.0 Å². The smallest absolute Gasteiger partial charge is 0.231 e. The van der Waals surface area contributed by atoms with E-state index < -0.39 is 0 Å². The minimum atomic E-state index is -0.285. The fraction of sp³-hybridized carbons (Fsp3) is 0.500. The van der Waals surface area contributed by atoms with Crippen molar-refractivity contribution in [2.24, 2.45) is 5.41 Å². The molecule has 17 heavy (non-hydrogen) atoms. The molecule has 0 radical (unpaired) electrons. The predicted molar refractivity (Wildman–Crippen MR) is 64.3 cm³/mol. The molecule has 1 aromatic rings. The highest BCUT2D eigenvalue weighted by molar-refractivity contribution is 5.85. The van der Waals surface area contributed by atoms with Gasteiger partial charge in [-0.15, -0.1) is 0 Å². The molecule has 0 N–H and O–H groups in total. The molecule has 2 atom stereocenters. The molecule has 3 heteroatoms. The van der Waals surface area contributed by atoms with Crippen molar-refractivity contribution in [2.75, 3.05) is 13.2 Å². The molecule has 1 amide bonds. The minimum Gasteiger partial charge on any atom is -0.356 e. The first-order chi connectivity index (χ1) is 8.19. The third kappa shape index (κ3) is 1.75. The lowest BCUT2D eigenvalue weighted by atomic mass is 9.82. The lowest BCUT2D eigenvalue weighted by Crippen LogP contribution is -2.34. The molecular weight excluding hydrogens is 214 g/mol. The summed E-state index contributed by atoms with van der Waals surface area (Å²) in [5.74, 6) is 0.254. The minimum absolute atomic E-state index is 0.0243. The van der Waals surface area contributed by atoms with Gasteiger partial charge < -0.3 is 9.64 Å². The van der Waals surface area contributed by atoms with Gasteiger partial charge in [-0.25, -0.2) is 0 Å². The number of hydrogen-bond acceptors (Lipinski definition) is 2. The summed E-state index contributed by atoms with van der Waals surface area (Å²) in [6, 6.07) is 10.2. The molecule has 0 spiro atoms. The van der Waals surface area contributed by atoms with Crippen molar-refractivity contribution in [3.05, 3.63) is 35.9 Å². The van der Waals surface area contributed by atoms with Gasteiger partial charge in [0.05, 0.1) is 12.0 Å². The van der Waals surface area contributed by atoms with E-state index in [2.05, 4.69) is 19.1 Å². The Kier molecular flexibility index (Phi) is 2.44. The lowest BCUT2D eigenvalue weighted by Gasteiger charge is -2.22. The number of carbonyl (C=O) groups excluding carboxylic acids is 1. The number of ether oxygens (including phenoxy) is 1. The molecule has 2 saturated heterocycles. The average Bonchev–Trinajstić information content (AvgIpc) is 2.84. The van der Waals surface area contributed by atoms with Crippen molar-refractivity contribution >= 4 is 5.91 Å². The molecule has 0 unspecified atom stereocenters. The van der Waals surface area contributed by atoms with Crippen LogP contribution in [0.5, 0.6) is 0 Å². The van der Waals surface area contributed by atoms with Crippen LogP contribution in [-0.2, 0) is 16.0 Å². The molecule has 0 bridgehead atoms. The monoisotopic (exact) mass is 231 g/mol. The summed E-state index contributed by atoms with van der Waals surface area (Å²) in [5, 5.41) is 0. The van der Waals surface area contributed by atoms with Crippen molar-refractivity contribution in [2.45, 2.75) is 26.0 Å². The molecule has 3 nitrogen and oxygen atoms in total. The molecule has 2 heterocycles. The topological polar surface area (TPSA) is 29.5 Å². The van der Waals surface area contributed by atoms with Crippen LogP contribution in [0, 0.1) is 5.41 Å². The van der Waals surface area contributed by atoms with Crippen LogP contribution < -0.4 is 0 Å². The Labute approximate surface area is 101 Å². The first kappa shape index (κ1) is 10.8. The van der Waals surface area contributed by atoms with E-state index in [1.54, 1.807) is 0 Å². The van der Waals surface area contributed by atoms with Gasteiger partial charge in [0.25, 0.3) is 0 Å². The van der Waals surface area contributed by atoms with Gasteiger partial charge >= 0.3 is 0 Å². The molecule has 0 saturated carbocycles. The van der Waals surface area contributed by atoms with Gasteiger partial charge in [-0.1, -0.05) is 37.3 Å². The van der Waals surface area contributed by atoms with E-state index in [0.29, 0.717) is 6.61 Å². The Balaban J connectivity index is 1.81. The highest BCUT2D eigenvalue weighted by Gasteiger charge is 2.50. The highest BCUT2D eigenvalue weighted by Crippen LogP contribution is 2.40. The summed E-state index contributed by atoms with van der Waals surface area (Å²) < 4.78 is 5.59. The maximum Gasteiger partial charge on any atom is 0.231 e. The summed E-state index contributed by atoms with van der Waals surface area (Å²) in [4.78, 5) is 14.3. The molecule has 2 aliphatic heterocycles. The average molecular weight is 231 g/mol. The molecule has 2 aliphatic rings. The van der Waals surface area contributed by atoms with Crippen LogP contribution in [0.1, 0.15) is 18.9 Å². The molecule has 0 aliphatic carbocycles. The largest absolute Gasteiger partial charge is 0.356 e. The molecule has 90 valence electrons. The van der Waals surface area contributed by atoms with Crippen LogP contribution in [-0.4, -0.2) is 30.2 Å². The van der Waals surface area contributed by atoms with Gasteiger partial charge in [0.2, 0.25) is 5.91 Å². The zero-order chi connectivity index (χ0) is 11.9. The Morgan fingerprint density at radius 2 is 2.18 bits per heavy atom. The van der Waals surface area contributed by atoms with Gasteiger partial charge in [0.15, 0.2) is 0 Å². The zero-order valence-corrected chi connectivity index (χ0v) is 10.1. The van der Waals surface area contributed by atoms with Crippen LogP contribution in [0.25, 0.3) is 0 Å². The van der Waals surface area contributed by atoms with Crippen LogP contribution >= 0.6 is 0 Å². The van der Waals surface area contributed by atoms with Crippen molar-refractivity contribution in [3.63, 3.8) is 0 Å². The van der Waals surface area contributed by atoms with Crippen molar-refractivity contribution in [1.82, 2.24) is 4.90 Å². The first-order valence-corrected chi connectivity index (χ1v) is 6.16. The maximum atomic E-state index is 12.4. The van der Waals surface area contributed by atoms with E-state index >= 15 is 0 Å². The second-order valence-corrected chi connectivity index (χ2v) is 5.25. The normalized spacial score (nSPS) is 31.9. The SMILES string of the molecule is C[C@@]1(Cc2ccccc2)C[C@H]2OCCN2C1=O. The van der Waals surface area contributed by atoms with E-state index in [4.69, 9.17) is 4.74 Å². The summed E-state index contributed by atoms with van der Waals surface area (Å²) in [6.07, 6.45) is 1.65. The van der Waals surface area contributed by atoms with Crippen LogP contribution in [0.3, 0.4) is 0 Å². The highest BCUT2D eigenvalue weighted by atomic mass is 16.5. The van der Waals surface area contributed by atoms with Crippen molar-refractivity contribution in [3.8, 4) is 0 Å². The summed E-state index contributed by atoms with van der Waals surface area (Å²) in [7, 11) is 0. The van der Waals surface area contributed by atoms with Gasteiger partial charge in [-0.3, -0.25) is 4.79 Å². The quantitative estimate of drug-likeness (QED) is 0.777. The van der Waals surface area contributed by atoms with Crippen LogP contribution in [0.4, 0.5) is 0 Å². The summed E-state index contributed by atoms with van der Waals surface area (Å²) in [6.45, 7) is 3.51. The van der Waals surface area contributed by atoms with Gasteiger partial charge in [0.1, 0.15) is 6.23 Å². The van der Waals surface area contributed by atoms with E-state index in [1.807, 2.05) is 23.1 Å². The Hall–Kier alpha value is -1.35. The number of nitrogens with zero attached hydrogens (tertiary/aromatic N) is 1. The predicted octanol–water partition coefficient (Wildman–Crippen LogP) is 1.82. The Bertz CT molecular complexity index is 431. The second kappa shape index (κ2) is 3.84. The van der Waals surface area contributed by atoms with E-state index in [1.165, 1.54) is 5.56 Å². The van der Waals surface area contributed by atoms with E-state index in [9.17, 15) is 4.79 Å². The molecule has 1 aromatic carbocycles. The van der Waals surface area contributed by atoms with Crippen molar-refractivity contribution in [1.29, 1.82) is 0 Å². The molecular formula is C14H17NO2. The van der Waals surface area contributed by atoms with Gasteiger partial charge in [0, 0.05) is 13.0 Å². The first-order valence-electron chi connectivity index (χ1n) is 6.16. The fourth-order valence-electron chi connectivity index (χ4n) is 2.94. The third-order valence-electron chi connectivity index (χ3n) is 3.83. The number of fused-ring (bicyclic) bond motifs is 1. The third-order valence-corrected chi connectivity index (χ3v) is 3.83. The number of rotatable bonds is 2. The summed E-state index contributed by atoms with van der Waals surface area (Å²) >= 11 is 0.